The fraction of sp³-hybridized carbons (Fsp3) is 0.368. The van der Waals surface area contributed by atoms with Crippen molar-refractivity contribution in [2.24, 2.45) is 0 Å². The second kappa shape index (κ2) is 9.80. The van der Waals surface area contributed by atoms with E-state index in [4.69, 9.17) is 14.7 Å². The van der Waals surface area contributed by atoms with E-state index in [1.807, 2.05) is 24.3 Å². The Balaban J connectivity index is 1.55. The summed E-state index contributed by atoms with van der Waals surface area (Å²) in [5.74, 6) is 1.82. The highest BCUT2D eigenvalue weighted by molar-refractivity contribution is 5.30. The number of unbranched alkanes of at least 4 members (excludes halogenated alkanes) is 2. The van der Waals surface area contributed by atoms with Gasteiger partial charge in [0.2, 0.25) is 0 Å². The molecule has 5 nitrogen and oxygen atoms in total. The fourth-order valence-corrected chi connectivity index (χ4v) is 2.20. The average Bonchev–Trinajstić information content (AvgIpc) is 2.62. The molecule has 0 fully saturated rings. The van der Waals surface area contributed by atoms with Crippen LogP contribution in [0.5, 0.6) is 17.2 Å². The van der Waals surface area contributed by atoms with Crippen LogP contribution in [0, 0.1) is 0 Å². The van der Waals surface area contributed by atoms with Gasteiger partial charge in [-0.3, -0.25) is 5.26 Å². The quantitative estimate of drug-likeness (QED) is 0.379. The van der Waals surface area contributed by atoms with Crippen LogP contribution in [-0.4, -0.2) is 23.6 Å². The molecule has 2 aromatic rings. The molecule has 0 aromatic heterocycles. The number of hydrogen-bond acceptors (Lipinski definition) is 5. The van der Waals surface area contributed by atoms with Gasteiger partial charge in [-0.2, -0.15) is 0 Å². The minimum Gasteiger partial charge on any atom is -0.508 e. The van der Waals surface area contributed by atoms with Crippen molar-refractivity contribution < 1.29 is 24.7 Å². The fourth-order valence-electron chi connectivity index (χ4n) is 2.20. The first-order chi connectivity index (χ1) is 11.7. The average molecular weight is 332 g/mol. The van der Waals surface area contributed by atoms with Crippen molar-refractivity contribution in [2.75, 3.05) is 13.2 Å². The minimum absolute atomic E-state index is 0.242. The van der Waals surface area contributed by atoms with E-state index >= 15 is 0 Å². The molecule has 2 rings (SSSR count). The van der Waals surface area contributed by atoms with E-state index < -0.39 is 0 Å². The van der Waals surface area contributed by atoms with Crippen LogP contribution in [0.15, 0.2) is 48.5 Å². The van der Waals surface area contributed by atoms with Crippen molar-refractivity contribution in [1.82, 2.24) is 0 Å². The lowest BCUT2D eigenvalue weighted by atomic mass is 10.1. The summed E-state index contributed by atoms with van der Waals surface area (Å²) in [5.41, 5.74) is 0.899. The molecule has 1 unspecified atom stereocenters. The lowest BCUT2D eigenvalue weighted by molar-refractivity contribution is -0.277. The maximum Gasteiger partial charge on any atom is 0.119 e. The van der Waals surface area contributed by atoms with Crippen LogP contribution in [-0.2, 0) is 4.89 Å². The van der Waals surface area contributed by atoms with E-state index in [0.29, 0.717) is 13.2 Å². The molecule has 2 aromatic carbocycles. The maximum absolute atomic E-state index is 9.19. The summed E-state index contributed by atoms with van der Waals surface area (Å²) < 4.78 is 11.3. The SMILES string of the molecule is CC(OO)c1ccc(OCCCCCOc2ccc(O)cc2)cc1. The molecule has 0 aliphatic heterocycles. The molecule has 0 aliphatic rings. The summed E-state index contributed by atoms with van der Waals surface area (Å²) in [6.07, 6.45) is 2.59. The number of aromatic hydroxyl groups is 1. The third kappa shape index (κ3) is 6.10. The van der Waals surface area contributed by atoms with E-state index in [0.717, 1.165) is 36.3 Å². The van der Waals surface area contributed by atoms with Gasteiger partial charge in [0, 0.05) is 0 Å². The third-order valence-corrected chi connectivity index (χ3v) is 3.67. The largest absolute Gasteiger partial charge is 0.508 e. The van der Waals surface area contributed by atoms with Gasteiger partial charge in [0.1, 0.15) is 23.4 Å². The van der Waals surface area contributed by atoms with Gasteiger partial charge in [0.25, 0.3) is 0 Å². The molecular formula is C19H24O5. The van der Waals surface area contributed by atoms with Gasteiger partial charge in [0.15, 0.2) is 0 Å². The Morgan fingerprint density at radius 3 is 1.79 bits per heavy atom. The van der Waals surface area contributed by atoms with Crippen LogP contribution >= 0.6 is 0 Å². The Morgan fingerprint density at radius 2 is 1.29 bits per heavy atom. The zero-order valence-electron chi connectivity index (χ0n) is 13.9. The Hall–Kier alpha value is -2.24. The Kier molecular flexibility index (Phi) is 7.39. The summed E-state index contributed by atoms with van der Waals surface area (Å²) in [6.45, 7) is 3.08. The van der Waals surface area contributed by atoms with Gasteiger partial charge < -0.3 is 14.6 Å². The summed E-state index contributed by atoms with van der Waals surface area (Å²) in [7, 11) is 0. The topological polar surface area (TPSA) is 68.2 Å². The van der Waals surface area contributed by atoms with Gasteiger partial charge in [-0.25, -0.2) is 4.89 Å². The van der Waals surface area contributed by atoms with Crippen molar-refractivity contribution in [3.05, 3.63) is 54.1 Å². The molecule has 0 saturated carbocycles. The first-order valence-corrected chi connectivity index (χ1v) is 8.14. The molecule has 0 amide bonds. The van der Waals surface area contributed by atoms with E-state index in [-0.39, 0.29) is 11.9 Å². The Labute approximate surface area is 142 Å². The van der Waals surface area contributed by atoms with Crippen molar-refractivity contribution in [1.29, 1.82) is 0 Å². The monoisotopic (exact) mass is 332 g/mol. The summed E-state index contributed by atoms with van der Waals surface area (Å²) in [5, 5.41) is 17.8. The number of phenolic OH excluding ortho intramolecular Hbond substituents is 1. The van der Waals surface area contributed by atoms with Crippen LogP contribution in [0.4, 0.5) is 0 Å². The van der Waals surface area contributed by atoms with Crippen molar-refractivity contribution in [3.8, 4) is 17.2 Å². The Bertz CT molecular complexity index is 580. The Morgan fingerprint density at radius 1 is 0.792 bits per heavy atom. The smallest absolute Gasteiger partial charge is 0.119 e. The zero-order chi connectivity index (χ0) is 17.2. The predicted octanol–water partition coefficient (Wildman–Crippen LogP) is 4.57. The van der Waals surface area contributed by atoms with Gasteiger partial charge in [-0.15, -0.1) is 0 Å². The van der Waals surface area contributed by atoms with Crippen molar-refractivity contribution in [3.63, 3.8) is 0 Å². The maximum atomic E-state index is 9.19. The molecule has 0 aliphatic carbocycles. The molecule has 0 radical (unpaired) electrons. The molecule has 24 heavy (non-hydrogen) atoms. The van der Waals surface area contributed by atoms with Gasteiger partial charge in [0.05, 0.1) is 13.2 Å². The van der Waals surface area contributed by atoms with Crippen LogP contribution in [0.2, 0.25) is 0 Å². The van der Waals surface area contributed by atoms with Gasteiger partial charge >= 0.3 is 0 Å². The van der Waals surface area contributed by atoms with Crippen molar-refractivity contribution in [2.45, 2.75) is 32.3 Å². The molecule has 5 heteroatoms. The lowest BCUT2D eigenvalue weighted by Gasteiger charge is -2.10. The van der Waals surface area contributed by atoms with E-state index in [2.05, 4.69) is 4.89 Å². The number of ether oxygens (including phenoxy) is 2. The number of rotatable bonds is 10. The molecule has 0 bridgehead atoms. The zero-order valence-corrected chi connectivity index (χ0v) is 13.9. The highest BCUT2D eigenvalue weighted by atomic mass is 17.1. The van der Waals surface area contributed by atoms with Crippen LogP contribution in [0.25, 0.3) is 0 Å². The molecule has 130 valence electrons. The highest BCUT2D eigenvalue weighted by Gasteiger charge is 2.04. The normalized spacial score (nSPS) is 11.9. The lowest BCUT2D eigenvalue weighted by Crippen LogP contribution is -2.01. The van der Waals surface area contributed by atoms with Crippen LogP contribution in [0.1, 0.15) is 37.9 Å². The second-order valence-electron chi connectivity index (χ2n) is 5.57. The van der Waals surface area contributed by atoms with Gasteiger partial charge in [-0.1, -0.05) is 12.1 Å². The first-order valence-electron chi connectivity index (χ1n) is 8.14. The predicted molar refractivity (Wildman–Crippen MR) is 91.5 cm³/mol. The molecule has 0 saturated heterocycles. The summed E-state index contributed by atoms with van der Waals surface area (Å²) in [4.78, 5) is 4.28. The van der Waals surface area contributed by atoms with Gasteiger partial charge in [-0.05, 0) is 68.1 Å². The second-order valence-corrected chi connectivity index (χ2v) is 5.57. The van der Waals surface area contributed by atoms with E-state index in [9.17, 15) is 5.11 Å². The first kappa shape index (κ1) is 18.1. The third-order valence-electron chi connectivity index (χ3n) is 3.67. The highest BCUT2D eigenvalue weighted by Crippen LogP contribution is 2.20. The van der Waals surface area contributed by atoms with Crippen LogP contribution < -0.4 is 9.47 Å². The van der Waals surface area contributed by atoms with Crippen molar-refractivity contribution >= 4 is 0 Å². The minimum atomic E-state index is -0.340. The molecule has 1 atom stereocenters. The summed E-state index contributed by atoms with van der Waals surface area (Å²) >= 11 is 0. The number of hydrogen-bond donors (Lipinski definition) is 2. The molecule has 2 N–H and O–H groups in total. The molecular weight excluding hydrogens is 308 g/mol. The number of phenols is 1. The van der Waals surface area contributed by atoms with E-state index in [1.54, 1.807) is 31.2 Å². The molecule has 0 heterocycles. The van der Waals surface area contributed by atoms with Crippen LogP contribution in [0.3, 0.4) is 0 Å². The summed E-state index contributed by atoms with van der Waals surface area (Å²) in [6, 6.07) is 14.2. The number of benzene rings is 2. The standard InChI is InChI=1S/C19H24O5/c1-15(24-21)16-5-9-18(10-6-16)22-13-3-2-4-14-23-19-11-7-17(20)8-12-19/h5-12,15,20-21H,2-4,13-14H2,1H3. The van der Waals surface area contributed by atoms with E-state index in [1.165, 1.54) is 0 Å². The molecule has 0 spiro atoms.